The zero-order valence-corrected chi connectivity index (χ0v) is 12.0. The Bertz CT molecular complexity index is 561. The fourth-order valence-electron chi connectivity index (χ4n) is 3.82. The molecular formula is C16H21FN2O2. The highest BCUT2D eigenvalue weighted by Crippen LogP contribution is 2.38. The van der Waals surface area contributed by atoms with E-state index in [4.69, 9.17) is 10.8 Å². The average molecular weight is 292 g/mol. The Morgan fingerprint density at radius 3 is 2.67 bits per heavy atom. The highest BCUT2D eigenvalue weighted by Gasteiger charge is 2.32. The van der Waals surface area contributed by atoms with E-state index in [0.29, 0.717) is 11.6 Å². The van der Waals surface area contributed by atoms with E-state index in [9.17, 15) is 9.18 Å². The third-order valence-electron chi connectivity index (χ3n) is 4.98. The van der Waals surface area contributed by atoms with Crippen LogP contribution in [0.25, 0.3) is 0 Å². The van der Waals surface area contributed by atoms with Crippen LogP contribution in [-0.4, -0.2) is 24.2 Å². The maximum Gasteiger partial charge on any atom is 0.337 e. The van der Waals surface area contributed by atoms with Gasteiger partial charge in [0.25, 0.3) is 0 Å². The van der Waals surface area contributed by atoms with E-state index in [2.05, 4.69) is 0 Å². The number of carboxylic acids is 1. The van der Waals surface area contributed by atoms with E-state index in [1.165, 1.54) is 31.7 Å². The molecule has 4 nitrogen and oxygen atoms in total. The van der Waals surface area contributed by atoms with Crippen molar-refractivity contribution in [2.75, 3.05) is 23.7 Å². The lowest BCUT2D eigenvalue weighted by atomic mass is 9.75. The molecule has 1 heterocycles. The van der Waals surface area contributed by atoms with Gasteiger partial charge in [-0.1, -0.05) is 19.3 Å². The zero-order chi connectivity index (χ0) is 15.0. The van der Waals surface area contributed by atoms with Gasteiger partial charge in [0.05, 0.1) is 11.3 Å². The van der Waals surface area contributed by atoms with Crippen LogP contribution in [0.2, 0.25) is 0 Å². The molecule has 1 aliphatic heterocycles. The minimum atomic E-state index is -1.11. The quantitative estimate of drug-likeness (QED) is 0.822. The van der Waals surface area contributed by atoms with Gasteiger partial charge in [-0.3, -0.25) is 0 Å². The molecule has 114 valence electrons. The fourth-order valence-corrected chi connectivity index (χ4v) is 3.82. The monoisotopic (exact) mass is 292 g/mol. The Balaban J connectivity index is 1.86. The van der Waals surface area contributed by atoms with Gasteiger partial charge in [0.15, 0.2) is 0 Å². The molecule has 1 aromatic rings. The maximum absolute atomic E-state index is 14.2. The summed E-state index contributed by atoms with van der Waals surface area (Å²) in [5.74, 6) is -0.170. The van der Waals surface area contributed by atoms with Crippen LogP contribution in [0.15, 0.2) is 12.1 Å². The van der Waals surface area contributed by atoms with Crippen LogP contribution >= 0.6 is 0 Å². The predicted molar refractivity (Wildman–Crippen MR) is 80.0 cm³/mol. The number of anilines is 2. The third kappa shape index (κ3) is 2.69. The van der Waals surface area contributed by atoms with Crippen molar-refractivity contribution < 1.29 is 14.3 Å². The van der Waals surface area contributed by atoms with Crippen molar-refractivity contribution in [3.63, 3.8) is 0 Å². The summed E-state index contributed by atoms with van der Waals surface area (Å²) in [5, 5.41) is 9.15. The summed E-state index contributed by atoms with van der Waals surface area (Å²) >= 11 is 0. The van der Waals surface area contributed by atoms with Crippen molar-refractivity contribution in [3.05, 3.63) is 23.5 Å². The molecule has 2 unspecified atom stereocenters. The summed E-state index contributed by atoms with van der Waals surface area (Å²) in [7, 11) is 0. The average Bonchev–Trinajstić information content (AvgIpc) is 2.46. The molecule has 1 aromatic carbocycles. The minimum Gasteiger partial charge on any atom is -0.478 e. The van der Waals surface area contributed by atoms with Crippen LogP contribution in [0.4, 0.5) is 15.8 Å². The molecule has 3 rings (SSSR count). The smallest absolute Gasteiger partial charge is 0.337 e. The lowest BCUT2D eigenvalue weighted by molar-refractivity contribution is 0.0698. The van der Waals surface area contributed by atoms with E-state index in [1.807, 2.05) is 4.90 Å². The number of piperidine rings is 1. The van der Waals surface area contributed by atoms with Gasteiger partial charge in [0.2, 0.25) is 0 Å². The van der Waals surface area contributed by atoms with Crippen LogP contribution in [0.5, 0.6) is 0 Å². The highest BCUT2D eigenvalue weighted by atomic mass is 19.1. The summed E-state index contributed by atoms with van der Waals surface area (Å²) < 4.78 is 14.2. The van der Waals surface area contributed by atoms with E-state index in [-0.39, 0.29) is 11.3 Å². The van der Waals surface area contributed by atoms with Gasteiger partial charge in [-0.15, -0.1) is 0 Å². The molecule has 1 saturated heterocycles. The first-order chi connectivity index (χ1) is 10.1. The summed E-state index contributed by atoms with van der Waals surface area (Å²) in [6.45, 7) is 1.62. The lowest BCUT2D eigenvalue weighted by Crippen LogP contribution is -2.42. The summed E-state index contributed by atoms with van der Waals surface area (Å²) in [5.41, 5.74) is 5.93. The first kappa shape index (κ1) is 14.2. The van der Waals surface area contributed by atoms with Gasteiger partial charge in [0.1, 0.15) is 5.82 Å². The number of rotatable bonds is 2. The van der Waals surface area contributed by atoms with Crippen molar-refractivity contribution in [1.29, 1.82) is 0 Å². The summed E-state index contributed by atoms with van der Waals surface area (Å²) in [6.07, 6.45) is 6.10. The maximum atomic E-state index is 14.2. The molecule has 2 aliphatic rings. The largest absolute Gasteiger partial charge is 0.478 e. The van der Waals surface area contributed by atoms with Crippen LogP contribution in [0.3, 0.4) is 0 Å². The van der Waals surface area contributed by atoms with Crippen LogP contribution in [0.1, 0.15) is 42.5 Å². The number of hydrogen-bond donors (Lipinski definition) is 2. The standard InChI is InChI=1S/C16H21FN2O2/c17-13-8-14(18)12(16(20)21)7-15(13)19-6-5-10-3-1-2-4-11(10)9-19/h7-8,10-11H,1-6,9,18H2,(H,20,21). The number of fused-ring (bicyclic) bond motifs is 1. The topological polar surface area (TPSA) is 66.6 Å². The van der Waals surface area contributed by atoms with Crippen LogP contribution in [0, 0.1) is 17.7 Å². The van der Waals surface area contributed by atoms with Gasteiger partial charge in [0, 0.05) is 18.8 Å². The molecule has 5 heteroatoms. The molecule has 0 aromatic heterocycles. The Morgan fingerprint density at radius 1 is 1.24 bits per heavy atom. The van der Waals surface area contributed by atoms with Crippen LogP contribution in [-0.2, 0) is 0 Å². The number of carboxylic acid groups (broad SMARTS) is 1. The molecule has 0 amide bonds. The Hall–Kier alpha value is -1.78. The van der Waals surface area contributed by atoms with Crippen molar-refractivity contribution in [2.24, 2.45) is 11.8 Å². The number of aromatic carboxylic acids is 1. The molecular weight excluding hydrogens is 271 g/mol. The van der Waals surface area contributed by atoms with Crippen molar-refractivity contribution in [1.82, 2.24) is 0 Å². The molecule has 3 N–H and O–H groups in total. The molecule has 0 radical (unpaired) electrons. The van der Waals surface area contributed by atoms with E-state index in [0.717, 1.165) is 31.5 Å². The third-order valence-corrected chi connectivity index (χ3v) is 4.98. The van der Waals surface area contributed by atoms with Crippen LogP contribution < -0.4 is 10.6 Å². The fraction of sp³-hybridized carbons (Fsp3) is 0.562. The zero-order valence-electron chi connectivity index (χ0n) is 12.0. The van der Waals surface area contributed by atoms with Crippen molar-refractivity contribution in [2.45, 2.75) is 32.1 Å². The highest BCUT2D eigenvalue weighted by molar-refractivity contribution is 5.95. The molecule has 2 fully saturated rings. The molecule has 1 saturated carbocycles. The van der Waals surface area contributed by atoms with Gasteiger partial charge >= 0.3 is 5.97 Å². The van der Waals surface area contributed by atoms with Crippen molar-refractivity contribution in [3.8, 4) is 0 Å². The second-order valence-corrected chi connectivity index (χ2v) is 6.24. The molecule has 1 aliphatic carbocycles. The minimum absolute atomic E-state index is 0.0165. The first-order valence-corrected chi connectivity index (χ1v) is 7.63. The van der Waals surface area contributed by atoms with E-state index < -0.39 is 11.8 Å². The number of benzene rings is 1. The Morgan fingerprint density at radius 2 is 1.95 bits per heavy atom. The molecule has 2 atom stereocenters. The molecule has 0 spiro atoms. The summed E-state index contributed by atoms with van der Waals surface area (Å²) in [6, 6.07) is 2.52. The van der Waals surface area contributed by atoms with Crippen molar-refractivity contribution >= 4 is 17.3 Å². The van der Waals surface area contributed by atoms with E-state index in [1.54, 1.807) is 0 Å². The van der Waals surface area contributed by atoms with Gasteiger partial charge in [-0.25, -0.2) is 9.18 Å². The normalized spacial score (nSPS) is 25.5. The lowest BCUT2D eigenvalue weighted by Gasteiger charge is -2.42. The molecule has 0 bridgehead atoms. The number of hydrogen-bond acceptors (Lipinski definition) is 3. The number of nitrogen functional groups attached to an aromatic ring is 1. The predicted octanol–water partition coefficient (Wildman–Crippen LogP) is 3.12. The second-order valence-electron chi connectivity index (χ2n) is 6.24. The second kappa shape index (κ2) is 5.54. The van der Waals surface area contributed by atoms with Gasteiger partial charge in [-0.05, 0) is 36.8 Å². The number of nitrogens with two attached hydrogens (primary N) is 1. The number of halogens is 1. The Kier molecular flexibility index (Phi) is 3.74. The van der Waals surface area contributed by atoms with Gasteiger partial charge in [-0.2, -0.15) is 0 Å². The Labute approximate surface area is 123 Å². The van der Waals surface area contributed by atoms with E-state index >= 15 is 0 Å². The number of carbonyl (C=O) groups is 1. The SMILES string of the molecule is Nc1cc(F)c(N2CCC3CCCCC3C2)cc1C(=O)O. The van der Waals surface area contributed by atoms with Gasteiger partial charge < -0.3 is 15.7 Å². The first-order valence-electron chi connectivity index (χ1n) is 7.63. The molecule has 21 heavy (non-hydrogen) atoms. The summed E-state index contributed by atoms with van der Waals surface area (Å²) in [4.78, 5) is 13.2. The number of nitrogens with zero attached hydrogens (tertiary/aromatic N) is 1.